The van der Waals surface area contributed by atoms with Gasteiger partial charge in [0.15, 0.2) is 0 Å². The zero-order chi connectivity index (χ0) is 24.8. The number of hydrogen-bond acceptors (Lipinski definition) is 7. The van der Waals surface area contributed by atoms with Gasteiger partial charge >= 0.3 is 0 Å². The molecule has 33 heavy (non-hydrogen) atoms. The lowest BCUT2D eigenvalue weighted by atomic mass is 10.0. The maximum atomic E-state index is 12.9. The number of carbonyl (C=O) groups excluding carboxylic acids is 2. The zero-order valence-corrected chi connectivity index (χ0v) is 20.7. The van der Waals surface area contributed by atoms with Crippen LogP contribution in [0.15, 0.2) is 41.3 Å². The van der Waals surface area contributed by atoms with Crippen molar-refractivity contribution in [2.75, 3.05) is 32.1 Å². The number of imide groups is 1. The number of hydrogen-bond donors (Lipinski definition) is 4. The molecule has 2 amide bonds. The smallest absolute Gasteiger partial charge is 0.243 e. The Morgan fingerprint density at radius 3 is 2.24 bits per heavy atom. The average Bonchev–Trinajstić information content (AvgIpc) is 2.74. The highest BCUT2D eigenvalue weighted by Gasteiger charge is 2.21. The summed E-state index contributed by atoms with van der Waals surface area (Å²) in [6.07, 6.45) is 0.479. The number of amides is 2. The summed E-state index contributed by atoms with van der Waals surface area (Å²) >= 11 is 0. The van der Waals surface area contributed by atoms with E-state index in [-0.39, 0.29) is 23.9 Å². The molecule has 182 valence electrons. The summed E-state index contributed by atoms with van der Waals surface area (Å²) in [6, 6.07) is 9.28. The molecule has 0 heterocycles. The van der Waals surface area contributed by atoms with Crippen LogP contribution in [0.5, 0.6) is 0 Å². The van der Waals surface area contributed by atoms with Crippen molar-refractivity contribution in [3.63, 3.8) is 0 Å². The van der Waals surface area contributed by atoms with Crippen LogP contribution < -0.4 is 26.0 Å². The van der Waals surface area contributed by atoms with E-state index >= 15 is 0 Å². The summed E-state index contributed by atoms with van der Waals surface area (Å²) in [5.41, 5.74) is 6.72. The molecular formula is C23H35N5O4S. The molecule has 0 saturated carbocycles. The van der Waals surface area contributed by atoms with Crippen LogP contribution in [0, 0.1) is 5.92 Å². The molecule has 0 fully saturated rings. The van der Waals surface area contributed by atoms with E-state index in [9.17, 15) is 18.0 Å². The molecule has 0 radical (unpaired) electrons. The fourth-order valence-corrected chi connectivity index (χ4v) is 4.72. The summed E-state index contributed by atoms with van der Waals surface area (Å²) < 4.78 is 28.4. The lowest BCUT2D eigenvalue weighted by Crippen LogP contribution is -2.51. The number of carbonyl (C=O) groups is 2. The first kappa shape index (κ1) is 26.7. The van der Waals surface area contributed by atoms with E-state index in [1.54, 1.807) is 25.1 Å². The summed E-state index contributed by atoms with van der Waals surface area (Å²) in [5.74, 6) is -0.788. The zero-order valence-electron chi connectivity index (χ0n) is 19.9. The van der Waals surface area contributed by atoms with Crippen molar-refractivity contribution in [1.29, 1.82) is 0 Å². The normalized spacial score (nSPS) is 13.7. The lowest BCUT2D eigenvalue weighted by Gasteiger charge is -2.18. The largest absolute Gasteiger partial charge is 0.377 e. The number of nitrogens with two attached hydrogens (primary N) is 1. The van der Waals surface area contributed by atoms with Crippen LogP contribution in [0.1, 0.15) is 27.2 Å². The minimum atomic E-state index is -3.77. The van der Waals surface area contributed by atoms with E-state index in [4.69, 9.17) is 5.73 Å². The van der Waals surface area contributed by atoms with E-state index < -0.39 is 33.9 Å². The van der Waals surface area contributed by atoms with Crippen molar-refractivity contribution >= 4 is 38.3 Å². The van der Waals surface area contributed by atoms with Gasteiger partial charge in [-0.25, -0.2) is 13.1 Å². The predicted molar refractivity (Wildman–Crippen MR) is 132 cm³/mol. The number of rotatable bonds is 11. The number of sulfonamides is 1. The number of anilines is 1. The molecule has 0 bridgehead atoms. The van der Waals surface area contributed by atoms with E-state index in [1.165, 1.54) is 0 Å². The first-order valence-corrected chi connectivity index (χ1v) is 12.4. The van der Waals surface area contributed by atoms with Crippen LogP contribution in [0.3, 0.4) is 0 Å². The maximum Gasteiger partial charge on any atom is 0.243 e. The predicted octanol–water partition coefficient (Wildman–Crippen LogP) is 1.18. The third-order valence-electron chi connectivity index (χ3n) is 5.20. The quantitative estimate of drug-likeness (QED) is 0.357. The van der Waals surface area contributed by atoms with Gasteiger partial charge < -0.3 is 16.0 Å². The van der Waals surface area contributed by atoms with E-state index in [0.717, 1.165) is 11.1 Å². The molecule has 2 aromatic carbocycles. The molecule has 5 N–H and O–H groups in total. The molecule has 0 aliphatic carbocycles. The van der Waals surface area contributed by atoms with Crippen LogP contribution >= 0.6 is 0 Å². The van der Waals surface area contributed by atoms with Crippen molar-refractivity contribution in [2.45, 2.75) is 44.2 Å². The van der Waals surface area contributed by atoms with Gasteiger partial charge in [-0.05, 0) is 31.4 Å². The van der Waals surface area contributed by atoms with Gasteiger partial charge in [0.05, 0.1) is 17.0 Å². The molecule has 2 atom stereocenters. The first-order valence-electron chi connectivity index (χ1n) is 11.0. The SMILES string of the molecule is CC(C)C[C@H](N)C(=O)NC(=O)[C@H](C)NCCNS(=O)(=O)c1cccc2c(N(C)C)cccc12. The Kier molecular flexibility index (Phi) is 9.35. The van der Waals surface area contributed by atoms with Gasteiger partial charge in [0.1, 0.15) is 0 Å². The Balaban J connectivity index is 1.95. The fraction of sp³-hybridized carbons (Fsp3) is 0.478. The van der Waals surface area contributed by atoms with Gasteiger partial charge in [0.25, 0.3) is 0 Å². The highest BCUT2D eigenvalue weighted by molar-refractivity contribution is 7.89. The van der Waals surface area contributed by atoms with Crippen LogP contribution in [-0.2, 0) is 19.6 Å². The number of benzene rings is 2. The molecule has 0 spiro atoms. The van der Waals surface area contributed by atoms with Gasteiger partial charge in [-0.2, -0.15) is 0 Å². The van der Waals surface area contributed by atoms with Gasteiger partial charge in [-0.3, -0.25) is 14.9 Å². The van der Waals surface area contributed by atoms with Gasteiger partial charge in [0, 0.05) is 43.6 Å². The highest BCUT2D eigenvalue weighted by atomic mass is 32.2. The number of nitrogens with zero attached hydrogens (tertiary/aromatic N) is 1. The van der Waals surface area contributed by atoms with Crippen molar-refractivity contribution in [3.8, 4) is 0 Å². The summed E-state index contributed by atoms with van der Waals surface area (Å²) in [5, 5.41) is 6.68. The molecule has 9 nitrogen and oxygen atoms in total. The van der Waals surface area contributed by atoms with Gasteiger partial charge in [-0.1, -0.05) is 38.1 Å². The van der Waals surface area contributed by atoms with E-state index in [2.05, 4.69) is 15.4 Å². The third kappa shape index (κ3) is 7.23. The molecule has 10 heteroatoms. The third-order valence-corrected chi connectivity index (χ3v) is 6.72. The van der Waals surface area contributed by atoms with Crippen LogP contribution in [0.25, 0.3) is 10.8 Å². The van der Waals surface area contributed by atoms with E-state index in [1.807, 2.05) is 51.0 Å². The van der Waals surface area contributed by atoms with Crippen molar-refractivity contribution in [2.24, 2.45) is 11.7 Å². The molecule has 0 aromatic heterocycles. The fourth-order valence-electron chi connectivity index (χ4n) is 3.47. The molecule has 0 unspecified atom stereocenters. The molecule has 0 saturated heterocycles. The molecular weight excluding hydrogens is 442 g/mol. The Morgan fingerprint density at radius 2 is 1.61 bits per heavy atom. The van der Waals surface area contributed by atoms with Gasteiger partial charge in [-0.15, -0.1) is 0 Å². The van der Waals surface area contributed by atoms with Crippen LogP contribution in [0.2, 0.25) is 0 Å². The van der Waals surface area contributed by atoms with Crippen molar-refractivity contribution < 1.29 is 18.0 Å². The highest BCUT2D eigenvalue weighted by Crippen LogP contribution is 2.29. The standard InChI is InChI=1S/C23H35N5O4S/c1-15(2)14-19(24)23(30)27-22(29)16(3)25-12-13-26-33(31,32)21-11-7-8-17-18(21)9-6-10-20(17)28(4)5/h6-11,15-16,19,25-26H,12-14,24H2,1-5H3,(H,27,29,30)/t16-,19-/m0/s1. The second-order valence-electron chi connectivity index (χ2n) is 8.69. The summed E-state index contributed by atoms with van der Waals surface area (Å²) in [6.45, 7) is 5.76. The summed E-state index contributed by atoms with van der Waals surface area (Å²) in [4.78, 5) is 26.3. The molecule has 0 aliphatic rings. The minimum absolute atomic E-state index is 0.0739. The second kappa shape index (κ2) is 11.6. The number of fused-ring (bicyclic) bond motifs is 1. The van der Waals surface area contributed by atoms with Crippen LogP contribution in [-0.4, -0.2) is 59.5 Å². The summed E-state index contributed by atoms with van der Waals surface area (Å²) in [7, 11) is 0.0420. The molecule has 2 rings (SSSR count). The topological polar surface area (TPSA) is 134 Å². The second-order valence-corrected chi connectivity index (χ2v) is 10.4. The van der Waals surface area contributed by atoms with E-state index in [0.29, 0.717) is 11.8 Å². The molecule has 0 aliphatic heterocycles. The monoisotopic (exact) mass is 477 g/mol. The average molecular weight is 478 g/mol. The Bertz CT molecular complexity index is 1090. The van der Waals surface area contributed by atoms with Gasteiger partial charge in [0.2, 0.25) is 21.8 Å². The number of nitrogens with one attached hydrogen (secondary N) is 3. The van der Waals surface area contributed by atoms with Crippen LogP contribution in [0.4, 0.5) is 5.69 Å². The maximum absolute atomic E-state index is 12.9. The minimum Gasteiger partial charge on any atom is -0.377 e. The molecule has 2 aromatic rings. The Hall–Kier alpha value is -2.53. The Morgan fingerprint density at radius 1 is 0.970 bits per heavy atom. The first-order chi connectivity index (χ1) is 15.4. The Labute approximate surface area is 196 Å². The van der Waals surface area contributed by atoms with Crippen molar-refractivity contribution in [1.82, 2.24) is 15.4 Å². The lowest BCUT2D eigenvalue weighted by molar-refractivity contribution is -0.132. The van der Waals surface area contributed by atoms with Crippen molar-refractivity contribution in [3.05, 3.63) is 36.4 Å².